The number of halogens is 1. The number of fused-ring (bicyclic) bond motifs is 5. The Balaban J connectivity index is 1.80. The number of amides is 1. The Hall–Kier alpha value is -2.81. The highest BCUT2D eigenvalue weighted by atomic mass is 35.5. The summed E-state index contributed by atoms with van der Waals surface area (Å²) < 4.78 is 8.05. The molecule has 0 radical (unpaired) electrons. The molecule has 28 heavy (non-hydrogen) atoms. The number of benzene rings is 1. The Labute approximate surface area is 166 Å². The quantitative estimate of drug-likeness (QED) is 0.710. The molecule has 142 valence electrons. The zero-order valence-corrected chi connectivity index (χ0v) is 15.8. The number of rotatable bonds is 2. The second kappa shape index (κ2) is 6.37. The van der Waals surface area contributed by atoms with Gasteiger partial charge < -0.3 is 10.1 Å². The van der Waals surface area contributed by atoms with Crippen LogP contribution in [0.4, 0.5) is 0 Å². The number of carbonyl (C=O) groups excluding carboxylic acids is 1. The van der Waals surface area contributed by atoms with Crippen molar-refractivity contribution in [3.05, 3.63) is 70.5 Å². The predicted molar refractivity (Wildman–Crippen MR) is 101 cm³/mol. The van der Waals surface area contributed by atoms with E-state index in [4.69, 9.17) is 16.3 Å². The maximum absolute atomic E-state index is 12.1. The third-order valence-corrected chi connectivity index (χ3v) is 5.35. The van der Waals surface area contributed by atoms with E-state index >= 15 is 0 Å². The first-order valence-corrected chi connectivity index (χ1v) is 9.30. The van der Waals surface area contributed by atoms with Gasteiger partial charge in [-0.15, -0.1) is 5.10 Å². The number of nitrogens with zero attached hydrogens (tertiary/aromatic N) is 5. The molecule has 0 saturated carbocycles. The molecular formula is C19H17ClN6O2. The van der Waals surface area contributed by atoms with Crippen LogP contribution in [0.5, 0.6) is 0 Å². The zero-order chi connectivity index (χ0) is 19.3. The normalized spacial score (nSPS) is 20.8. The van der Waals surface area contributed by atoms with Crippen LogP contribution in [-0.4, -0.2) is 50.8 Å². The lowest BCUT2D eigenvalue weighted by atomic mass is 9.95. The molecular weight excluding hydrogens is 380 g/mol. The van der Waals surface area contributed by atoms with E-state index in [1.807, 2.05) is 30.3 Å². The molecule has 1 saturated heterocycles. The van der Waals surface area contributed by atoms with E-state index in [1.54, 1.807) is 24.0 Å². The molecule has 0 bridgehead atoms. The average molecular weight is 397 g/mol. The lowest BCUT2D eigenvalue weighted by Crippen LogP contribution is -2.43. The molecule has 2 aliphatic heterocycles. The molecule has 0 aliphatic carbocycles. The van der Waals surface area contributed by atoms with Crippen molar-refractivity contribution in [1.82, 2.24) is 30.0 Å². The van der Waals surface area contributed by atoms with Crippen molar-refractivity contribution in [2.75, 3.05) is 20.2 Å². The van der Waals surface area contributed by atoms with Gasteiger partial charge in [-0.2, -0.15) is 0 Å². The van der Waals surface area contributed by atoms with Crippen molar-refractivity contribution < 1.29 is 9.53 Å². The van der Waals surface area contributed by atoms with Crippen LogP contribution in [0.1, 0.15) is 27.7 Å². The number of aromatic nitrogens is 4. The summed E-state index contributed by atoms with van der Waals surface area (Å²) in [5.74, 6) is 0.457. The molecule has 1 aromatic carbocycles. The predicted octanol–water partition coefficient (Wildman–Crippen LogP) is 1.72. The van der Waals surface area contributed by atoms with Gasteiger partial charge in [0.1, 0.15) is 5.82 Å². The summed E-state index contributed by atoms with van der Waals surface area (Å²) in [6, 6.07) is 11.3. The highest BCUT2D eigenvalue weighted by molar-refractivity contribution is 6.30. The van der Waals surface area contributed by atoms with Crippen LogP contribution in [0, 0.1) is 0 Å². The Morgan fingerprint density at radius 3 is 3.00 bits per heavy atom. The monoisotopic (exact) mass is 396 g/mol. The number of hydrogen-bond donors (Lipinski definition) is 1. The minimum Gasteiger partial charge on any atom is -0.352 e. The number of carbonyl (C=O) groups is 1. The van der Waals surface area contributed by atoms with Gasteiger partial charge in [0.2, 0.25) is 5.82 Å². The third kappa shape index (κ3) is 2.39. The highest BCUT2D eigenvalue weighted by Gasteiger charge is 2.50. The highest BCUT2D eigenvalue weighted by Crippen LogP contribution is 2.45. The molecule has 1 N–H and O–H groups in total. The molecule has 2 aromatic heterocycles. The van der Waals surface area contributed by atoms with E-state index < -0.39 is 5.72 Å². The molecule has 1 amide bonds. The third-order valence-electron chi connectivity index (χ3n) is 5.12. The van der Waals surface area contributed by atoms with Crippen LogP contribution in [-0.2, 0) is 17.0 Å². The van der Waals surface area contributed by atoms with Crippen LogP contribution in [0.2, 0.25) is 5.02 Å². The summed E-state index contributed by atoms with van der Waals surface area (Å²) in [5.41, 5.74) is 1.46. The molecule has 0 spiro atoms. The Morgan fingerprint density at radius 1 is 1.32 bits per heavy atom. The van der Waals surface area contributed by atoms with Crippen LogP contribution in [0.15, 0.2) is 42.6 Å². The largest absolute Gasteiger partial charge is 0.352 e. The van der Waals surface area contributed by atoms with E-state index in [9.17, 15) is 4.79 Å². The van der Waals surface area contributed by atoms with Crippen molar-refractivity contribution in [2.24, 2.45) is 0 Å². The Morgan fingerprint density at radius 2 is 2.21 bits per heavy atom. The Bertz CT molecular complexity index is 1070. The molecule has 9 heteroatoms. The van der Waals surface area contributed by atoms with Crippen molar-refractivity contribution in [2.45, 2.75) is 12.3 Å². The number of ether oxygens (including phenoxy) is 1. The molecule has 1 unspecified atom stereocenters. The van der Waals surface area contributed by atoms with Crippen molar-refractivity contribution in [3.63, 3.8) is 0 Å². The van der Waals surface area contributed by atoms with Crippen molar-refractivity contribution >= 4 is 17.5 Å². The van der Waals surface area contributed by atoms with Gasteiger partial charge in [-0.05, 0) is 30.3 Å². The van der Waals surface area contributed by atoms with Gasteiger partial charge in [0.05, 0.1) is 24.5 Å². The van der Waals surface area contributed by atoms with Gasteiger partial charge in [0.15, 0.2) is 5.72 Å². The van der Waals surface area contributed by atoms with Gasteiger partial charge in [0.25, 0.3) is 5.91 Å². The summed E-state index contributed by atoms with van der Waals surface area (Å²) in [7, 11) is 1.56. The van der Waals surface area contributed by atoms with Gasteiger partial charge in [0, 0.05) is 30.4 Å². The number of nitrogens with one attached hydrogen (secondary N) is 1. The van der Waals surface area contributed by atoms with E-state index in [2.05, 4.69) is 25.3 Å². The van der Waals surface area contributed by atoms with E-state index in [0.29, 0.717) is 30.5 Å². The fraction of sp³-hybridized carbons (Fsp3) is 0.263. The molecule has 4 heterocycles. The fourth-order valence-corrected chi connectivity index (χ4v) is 4.08. The summed E-state index contributed by atoms with van der Waals surface area (Å²) >= 11 is 6.37. The number of hydrogen-bond acceptors (Lipinski definition) is 6. The average Bonchev–Trinajstić information content (AvgIpc) is 3.31. The minimum absolute atomic E-state index is 0.129. The molecule has 1 atom stereocenters. The molecule has 8 nitrogen and oxygen atoms in total. The summed E-state index contributed by atoms with van der Waals surface area (Å²) in [5, 5.41) is 7.61. The van der Waals surface area contributed by atoms with Gasteiger partial charge in [-0.3, -0.25) is 14.7 Å². The summed E-state index contributed by atoms with van der Waals surface area (Å²) in [6.07, 6.45) is 1.75. The first-order chi connectivity index (χ1) is 13.6. The SMILES string of the molecule is CNC(=O)c1nc2n(n1)-c1ccc(Cl)cc1C1(c3ccccn3)OCCN1C2. The smallest absolute Gasteiger partial charge is 0.290 e. The second-order valence-corrected chi connectivity index (χ2v) is 7.07. The Kier molecular flexibility index (Phi) is 3.94. The first kappa shape index (κ1) is 17.3. The minimum atomic E-state index is -0.892. The van der Waals surface area contributed by atoms with Crippen LogP contribution in [0.25, 0.3) is 5.69 Å². The standard InChI is InChI=1S/C19H17ClN6O2/c1-21-18(27)17-23-16-11-25-8-9-28-19(25,15-4-2-3-7-22-15)13-10-12(20)5-6-14(13)26(16)24-17/h2-7,10H,8-9,11H2,1H3,(H,21,27). The maximum atomic E-state index is 12.1. The van der Waals surface area contributed by atoms with Gasteiger partial charge in [-0.25, -0.2) is 9.67 Å². The molecule has 5 rings (SSSR count). The van der Waals surface area contributed by atoms with E-state index in [1.165, 1.54) is 0 Å². The van der Waals surface area contributed by atoms with Gasteiger partial charge >= 0.3 is 0 Å². The lowest BCUT2D eigenvalue weighted by molar-refractivity contribution is -0.0585. The fourth-order valence-electron chi connectivity index (χ4n) is 3.91. The van der Waals surface area contributed by atoms with Crippen molar-refractivity contribution in [1.29, 1.82) is 0 Å². The maximum Gasteiger partial charge on any atom is 0.290 e. The van der Waals surface area contributed by atoms with E-state index in [-0.39, 0.29) is 11.7 Å². The topological polar surface area (TPSA) is 85.2 Å². The van der Waals surface area contributed by atoms with Crippen LogP contribution in [0.3, 0.4) is 0 Å². The summed E-state index contributed by atoms with van der Waals surface area (Å²) in [6.45, 7) is 1.68. The number of pyridine rings is 1. The first-order valence-electron chi connectivity index (χ1n) is 8.92. The lowest BCUT2D eigenvalue weighted by Gasteiger charge is -2.35. The van der Waals surface area contributed by atoms with Crippen LogP contribution < -0.4 is 5.32 Å². The molecule has 1 fully saturated rings. The van der Waals surface area contributed by atoms with Crippen LogP contribution >= 0.6 is 11.6 Å². The molecule has 2 aliphatic rings. The van der Waals surface area contributed by atoms with E-state index in [0.717, 1.165) is 16.9 Å². The summed E-state index contributed by atoms with van der Waals surface area (Å²) in [4.78, 5) is 23.3. The van der Waals surface area contributed by atoms with Gasteiger partial charge in [-0.1, -0.05) is 17.7 Å². The van der Waals surface area contributed by atoms with Crippen molar-refractivity contribution in [3.8, 4) is 5.69 Å². The second-order valence-electron chi connectivity index (χ2n) is 6.63. The zero-order valence-electron chi connectivity index (χ0n) is 15.1. The molecule has 3 aromatic rings.